The van der Waals surface area contributed by atoms with Crippen molar-refractivity contribution in [3.8, 4) is 5.75 Å². The largest absolute Gasteiger partial charge is 0.462 e. The van der Waals surface area contributed by atoms with Crippen LogP contribution in [-0.4, -0.2) is 18.5 Å². The van der Waals surface area contributed by atoms with Crippen LogP contribution in [0.2, 0.25) is 0 Å². The van der Waals surface area contributed by atoms with Crippen molar-refractivity contribution in [1.29, 1.82) is 0 Å². The molecule has 6 heteroatoms. The molecule has 2 aromatic carbocycles. The highest BCUT2D eigenvalue weighted by Crippen LogP contribution is 2.25. The molecule has 0 saturated heterocycles. The SMILES string of the molecule is CCOC(=O)c1cc(Br)ccc1OC(=O)c1ccc(F)cc1. The second-order valence-electron chi connectivity index (χ2n) is 4.26. The minimum absolute atomic E-state index is 0.0796. The summed E-state index contributed by atoms with van der Waals surface area (Å²) in [5.41, 5.74) is 0.311. The molecule has 0 spiro atoms. The summed E-state index contributed by atoms with van der Waals surface area (Å²) in [5, 5.41) is 0. The molecule has 0 aromatic heterocycles. The summed E-state index contributed by atoms with van der Waals surface area (Å²) in [5.74, 6) is -1.65. The van der Waals surface area contributed by atoms with Crippen molar-refractivity contribution < 1.29 is 23.5 Å². The molecule has 0 aliphatic rings. The van der Waals surface area contributed by atoms with Crippen molar-refractivity contribution in [2.75, 3.05) is 6.61 Å². The number of ether oxygens (including phenoxy) is 2. The average Bonchev–Trinajstić information content (AvgIpc) is 2.50. The number of rotatable bonds is 4. The molecule has 0 saturated carbocycles. The molecule has 0 atom stereocenters. The van der Waals surface area contributed by atoms with E-state index in [4.69, 9.17) is 9.47 Å². The van der Waals surface area contributed by atoms with Gasteiger partial charge in [-0.05, 0) is 49.4 Å². The molecule has 22 heavy (non-hydrogen) atoms. The normalized spacial score (nSPS) is 10.1. The summed E-state index contributed by atoms with van der Waals surface area (Å²) in [6.07, 6.45) is 0. The van der Waals surface area contributed by atoms with Gasteiger partial charge >= 0.3 is 11.9 Å². The van der Waals surface area contributed by atoms with Crippen LogP contribution in [0.25, 0.3) is 0 Å². The number of carbonyl (C=O) groups excluding carboxylic acids is 2. The predicted octanol–water partition coefficient (Wildman–Crippen LogP) is 3.98. The monoisotopic (exact) mass is 366 g/mol. The maximum absolute atomic E-state index is 12.9. The van der Waals surface area contributed by atoms with E-state index in [1.165, 1.54) is 24.3 Å². The first-order valence-corrected chi connectivity index (χ1v) is 7.25. The van der Waals surface area contributed by atoms with Crippen molar-refractivity contribution in [1.82, 2.24) is 0 Å². The summed E-state index contributed by atoms with van der Waals surface area (Å²) >= 11 is 3.24. The minimum atomic E-state index is -0.687. The van der Waals surface area contributed by atoms with Crippen LogP contribution < -0.4 is 4.74 Å². The zero-order valence-corrected chi connectivity index (χ0v) is 13.2. The molecule has 2 rings (SSSR count). The zero-order chi connectivity index (χ0) is 16.1. The van der Waals surface area contributed by atoms with E-state index in [1.807, 2.05) is 0 Å². The van der Waals surface area contributed by atoms with E-state index in [0.29, 0.717) is 4.47 Å². The van der Waals surface area contributed by atoms with Crippen LogP contribution in [0.5, 0.6) is 5.75 Å². The molecule has 0 radical (unpaired) electrons. The van der Waals surface area contributed by atoms with E-state index in [0.717, 1.165) is 12.1 Å². The molecule has 2 aromatic rings. The van der Waals surface area contributed by atoms with Gasteiger partial charge in [-0.25, -0.2) is 14.0 Å². The topological polar surface area (TPSA) is 52.6 Å². The number of benzene rings is 2. The number of hydrogen-bond donors (Lipinski definition) is 0. The zero-order valence-electron chi connectivity index (χ0n) is 11.6. The first kappa shape index (κ1) is 16.2. The van der Waals surface area contributed by atoms with Gasteiger partial charge in [0, 0.05) is 4.47 Å². The minimum Gasteiger partial charge on any atom is -0.462 e. The fourth-order valence-electron chi connectivity index (χ4n) is 1.70. The van der Waals surface area contributed by atoms with Crippen LogP contribution in [0.3, 0.4) is 0 Å². The Balaban J connectivity index is 2.27. The van der Waals surface area contributed by atoms with Crippen LogP contribution in [0, 0.1) is 5.82 Å². The van der Waals surface area contributed by atoms with E-state index in [2.05, 4.69) is 15.9 Å². The third kappa shape index (κ3) is 3.92. The number of hydrogen-bond acceptors (Lipinski definition) is 4. The number of halogens is 2. The molecule has 0 aliphatic heterocycles. The Labute approximate surface area is 135 Å². The lowest BCUT2D eigenvalue weighted by Crippen LogP contribution is -2.13. The summed E-state index contributed by atoms with van der Waals surface area (Å²) in [7, 11) is 0. The third-order valence-corrected chi connectivity index (χ3v) is 3.21. The number of carbonyl (C=O) groups is 2. The smallest absolute Gasteiger partial charge is 0.343 e. The Hall–Kier alpha value is -2.21. The van der Waals surface area contributed by atoms with Crippen molar-refractivity contribution in [2.24, 2.45) is 0 Å². The second-order valence-corrected chi connectivity index (χ2v) is 5.17. The van der Waals surface area contributed by atoms with E-state index in [1.54, 1.807) is 13.0 Å². The maximum atomic E-state index is 12.9. The van der Waals surface area contributed by atoms with Crippen LogP contribution in [0.1, 0.15) is 27.6 Å². The van der Waals surface area contributed by atoms with E-state index < -0.39 is 17.8 Å². The highest BCUT2D eigenvalue weighted by atomic mass is 79.9. The first-order chi connectivity index (χ1) is 10.5. The van der Waals surface area contributed by atoms with Gasteiger partial charge in [-0.1, -0.05) is 15.9 Å². The quantitative estimate of drug-likeness (QED) is 0.606. The summed E-state index contributed by atoms with van der Waals surface area (Å²) < 4.78 is 23.6. The molecule has 0 aliphatic carbocycles. The lowest BCUT2D eigenvalue weighted by molar-refractivity contribution is 0.0520. The van der Waals surface area contributed by atoms with Gasteiger partial charge in [-0.3, -0.25) is 0 Å². The van der Waals surface area contributed by atoms with Gasteiger partial charge in [0.1, 0.15) is 17.1 Å². The highest BCUT2D eigenvalue weighted by Gasteiger charge is 2.18. The third-order valence-electron chi connectivity index (χ3n) is 2.72. The molecule has 4 nitrogen and oxygen atoms in total. The van der Waals surface area contributed by atoms with Crippen molar-refractivity contribution in [2.45, 2.75) is 6.92 Å². The second kappa shape index (κ2) is 7.17. The maximum Gasteiger partial charge on any atom is 0.343 e. The van der Waals surface area contributed by atoms with Gasteiger partial charge in [0.15, 0.2) is 0 Å². The Morgan fingerprint density at radius 2 is 1.77 bits per heavy atom. The summed E-state index contributed by atoms with van der Waals surface area (Å²) in [4.78, 5) is 23.9. The van der Waals surface area contributed by atoms with Gasteiger partial charge in [-0.15, -0.1) is 0 Å². The molecule has 0 unspecified atom stereocenters. The van der Waals surface area contributed by atoms with Crippen LogP contribution in [-0.2, 0) is 4.74 Å². The predicted molar refractivity (Wildman–Crippen MR) is 81.5 cm³/mol. The Morgan fingerprint density at radius 3 is 2.41 bits per heavy atom. The molecule has 0 bridgehead atoms. The standard InChI is InChI=1S/C16H12BrFO4/c1-2-21-16(20)13-9-11(17)5-8-14(13)22-15(19)10-3-6-12(18)7-4-10/h3-9H,2H2,1H3. The highest BCUT2D eigenvalue weighted by molar-refractivity contribution is 9.10. The van der Waals surface area contributed by atoms with E-state index in [-0.39, 0.29) is 23.5 Å². The van der Waals surface area contributed by atoms with Gasteiger partial charge < -0.3 is 9.47 Å². The van der Waals surface area contributed by atoms with Gasteiger partial charge in [0.25, 0.3) is 0 Å². The van der Waals surface area contributed by atoms with Gasteiger partial charge in [0.05, 0.1) is 12.2 Å². The number of esters is 2. The van der Waals surface area contributed by atoms with Gasteiger partial charge in [0.2, 0.25) is 0 Å². The Bertz CT molecular complexity index is 698. The fraction of sp³-hybridized carbons (Fsp3) is 0.125. The van der Waals surface area contributed by atoms with Crippen molar-refractivity contribution in [3.05, 3.63) is 63.9 Å². The fourth-order valence-corrected chi connectivity index (χ4v) is 2.07. The lowest BCUT2D eigenvalue weighted by atomic mass is 10.2. The van der Waals surface area contributed by atoms with E-state index >= 15 is 0 Å². The lowest BCUT2D eigenvalue weighted by Gasteiger charge is -2.10. The molecule has 114 valence electrons. The van der Waals surface area contributed by atoms with Crippen LogP contribution in [0.15, 0.2) is 46.9 Å². The molecular formula is C16H12BrFO4. The van der Waals surface area contributed by atoms with Crippen LogP contribution >= 0.6 is 15.9 Å². The molecular weight excluding hydrogens is 355 g/mol. The summed E-state index contributed by atoms with van der Waals surface area (Å²) in [6.45, 7) is 1.89. The van der Waals surface area contributed by atoms with Crippen LogP contribution in [0.4, 0.5) is 4.39 Å². The molecule has 0 amide bonds. The Kier molecular flexibility index (Phi) is 5.27. The van der Waals surface area contributed by atoms with Crippen molar-refractivity contribution in [3.63, 3.8) is 0 Å². The average molecular weight is 367 g/mol. The van der Waals surface area contributed by atoms with Crippen molar-refractivity contribution >= 4 is 27.9 Å². The molecule has 0 heterocycles. The molecule has 0 N–H and O–H groups in total. The summed E-state index contributed by atoms with van der Waals surface area (Å²) in [6, 6.07) is 9.55. The Morgan fingerprint density at radius 1 is 1.09 bits per heavy atom. The first-order valence-electron chi connectivity index (χ1n) is 6.45. The van der Waals surface area contributed by atoms with E-state index in [9.17, 15) is 14.0 Å². The molecule has 0 fully saturated rings. The van der Waals surface area contributed by atoms with Gasteiger partial charge in [-0.2, -0.15) is 0 Å².